The Morgan fingerprint density at radius 3 is 2.29 bits per heavy atom. The first-order valence-electron chi connectivity index (χ1n) is 7.45. The maximum Gasteiger partial charge on any atom is 0.408 e. The number of amides is 3. The smallest absolute Gasteiger partial charge is 0.408 e. The molecule has 8 heteroatoms. The van der Waals surface area contributed by atoms with Crippen molar-refractivity contribution < 1.29 is 19.1 Å². The molecule has 0 unspecified atom stereocenters. The fourth-order valence-electron chi connectivity index (χ4n) is 1.65. The average molecular weight is 447 g/mol. The molecule has 0 saturated heterocycles. The topological polar surface area (TPSA) is 96.5 Å². The summed E-state index contributed by atoms with van der Waals surface area (Å²) >= 11 is 2.09. The molecule has 0 aliphatic rings. The quantitative estimate of drug-likeness (QED) is 0.457. The lowest BCUT2D eigenvalue weighted by molar-refractivity contribution is -0.120. The maximum atomic E-state index is 12.0. The van der Waals surface area contributed by atoms with Gasteiger partial charge in [-0.2, -0.15) is 0 Å². The zero-order chi connectivity index (χ0) is 18.2. The van der Waals surface area contributed by atoms with Crippen molar-refractivity contribution in [3.8, 4) is 0 Å². The van der Waals surface area contributed by atoms with E-state index in [-0.39, 0.29) is 24.9 Å². The fourth-order valence-corrected chi connectivity index (χ4v) is 2.28. The number of rotatable bonds is 6. The molecule has 0 saturated carbocycles. The highest BCUT2D eigenvalue weighted by Gasteiger charge is 2.16. The highest BCUT2D eigenvalue weighted by molar-refractivity contribution is 14.1. The number of ether oxygens (including phenoxy) is 1. The minimum absolute atomic E-state index is 0.181. The third-order valence-corrected chi connectivity index (χ3v) is 3.58. The van der Waals surface area contributed by atoms with Gasteiger partial charge >= 0.3 is 6.09 Å². The van der Waals surface area contributed by atoms with Crippen molar-refractivity contribution in [2.24, 2.45) is 0 Å². The van der Waals surface area contributed by atoms with Crippen molar-refractivity contribution in [3.63, 3.8) is 0 Å². The minimum atomic E-state index is -0.649. The second kappa shape index (κ2) is 9.45. The van der Waals surface area contributed by atoms with Crippen molar-refractivity contribution in [2.75, 3.05) is 19.6 Å². The fraction of sp³-hybridized carbons (Fsp3) is 0.438. The van der Waals surface area contributed by atoms with Crippen molar-refractivity contribution in [2.45, 2.75) is 26.4 Å². The van der Waals surface area contributed by atoms with Crippen molar-refractivity contribution in [3.05, 3.63) is 33.4 Å². The number of alkyl carbamates (subject to hydrolysis) is 1. The van der Waals surface area contributed by atoms with Crippen LogP contribution in [0.1, 0.15) is 31.1 Å². The first-order chi connectivity index (χ1) is 11.2. The summed E-state index contributed by atoms with van der Waals surface area (Å²) in [7, 11) is 0. The molecular weight excluding hydrogens is 425 g/mol. The van der Waals surface area contributed by atoms with Gasteiger partial charge in [0, 0.05) is 16.7 Å². The molecule has 0 aromatic heterocycles. The molecule has 7 nitrogen and oxygen atoms in total. The molecule has 132 valence electrons. The molecule has 0 radical (unpaired) electrons. The van der Waals surface area contributed by atoms with Crippen LogP contribution in [-0.4, -0.2) is 43.1 Å². The van der Waals surface area contributed by atoms with Gasteiger partial charge in [0.15, 0.2) is 0 Å². The Morgan fingerprint density at radius 2 is 1.67 bits per heavy atom. The summed E-state index contributed by atoms with van der Waals surface area (Å²) < 4.78 is 5.88. The van der Waals surface area contributed by atoms with E-state index in [9.17, 15) is 14.4 Å². The summed E-state index contributed by atoms with van der Waals surface area (Å²) in [6.07, 6.45) is -0.649. The van der Waals surface area contributed by atoms with E-state index in [1.54, 1.807) is 32.9 Å². The summed E-state index contributed by atoms with van der Waals surface area (Å²) in [5, 5.41) is 7.68. The van der Waals surface area contributed by atoms with Gasteiger partial charge in [-0.25, -0.2) is 4.79 Å². The van der Waals surface area contributed by atoms with Crippen LogP contribution in [0.2, 0.25) is 0 Å². The number of halogens is 1. The third kappa shape index (κ3) is 8.14. The number of hydrogen-bond acceptors (Lipinski definition) is 4. The van der Waals surface area contributed by atoms with Crippen LogP contribution >= 0.6 is 22.6 Å². The Bertz CT molecular complexity index is 599. The lowest BCUT2D eigenvalue weighted by Gasteiger charge is -2.19. The number of hydrogen-bond donors (Lipinski definition) is 3. The molecule has 1 aromatic rings. The predicted octanol–water partition coefficient (Wildman–Crippen LogP) is 1.66. The Morgan fingerprint density at radius 1 is 1.04 bits per heavy atom. The van der Waals surface area contributed by atoms with Gasteiger partial charge < -0.3 is 20.7 Å². The maximum absolute atomic E-state index is 12.0. The van der Waals surface area contributed by atoms with Gasteiger partial charge in [-0.3, -0.25) is 9.59 Å². The number of benzene rings is 1. The lowest BCUT2D eigenvalue weighted by Crippen LogP contribution is -2.42. The summed E-state index contributed by atoms with van der Waals surface area (Å²) in [5.41, 5.74) is -0.0178. The second-order valence-corrected chi connectivity index (χ2v) is 7.10. The zero-order valence-corrected chi connectivity index (χ0v) is 16.1. The molecule has 3 N–H and O–H groups in total. The molecule has 0 heterocycles. The largest absolute Gasteiger partial charge is 0.444 e. The molecule has 0 bridgehead atoms. The van der Waals surface area contributed by atoms with E-state index >= 15 is 0 Å². The molecule has 0 aliphatic carbocycles. The summed E-state index contributed by atoms with van der Waals surface area (Å²) in [5.74, 6) is -0.550. The summed E-state index contributed by atoms with van der Waals surface area (Å²) in [6.45, 7) is 5.60. The lowest BCUT2D eigenvalue weighted by atomic mass is 10.2. The molecule has 1 rings (SSSR count). The van der Waals surface area contributed by atoms with E-state index in [1.807, 2.05) is 12.1 Å². The zero-order valence-electron chi connectivity index (χ0n) is 13.9. The van der Waals surface area contributed by atoms with E-state index in [0.717, 1.165) is 3.57 Å². The second-order valence-electron chi connectivity index (χ2n) is 5.94. The Labute approximate surface area is 155 Å². The van der Waals surface area contributed by atoms with Crippen molar-refractivity contribution in [1.29, 1.82) is 0 Å². The van der Waals surface area contributed by atoms with E-state index in [4.69, 9.17) is 4.74 Å². The normalized spacial score (nSPS) is 10.7. The Balaban J connectivity index is 2.21. The summed E-state index contributed by atoms with van der Waals surface area (Å²) in [4.78, 5) is 34.9. The van der Waals surface area contributed by atoms with E-state index in [0.29, 0.717) is 12.1 Å². The van der Waals surface area contributed by atoms with E-state index in [2.05, 4.69) is 38.5 Å². The van der Waals surface area contributed by atoms with Crippen molar-refractivity contribution in [1.82, 2.24) is 16.0 Å². The van der Waals surface area contributed by atoms with Crippen LogP contribution in [0.5, 0.6) is 0 Å². The van der Waals surface area contributed by atoms with Gasteiger partial charge in [-0.15, -0.1) is 0 Å². The Hall–Kier alpha value is -1.84. The summed E-state index contributed by atoms with van der Waals surface area (Å²) in [6, 6.07) is 7.23. The van der Waals surface area contributed by atoms with Crippen LogP contribution in [0.15, 0.2) is 24.3 Å². The van der Waals surface area contributed by atoms with E-state index in [1.165, 1.54) is 0 Å². The van der Waals surface area contributed by atoms with Crippen LogP contribution in [-0.2, 0) is 9.53 Å². The number of carbonyl (C=O) groups is 3. The molecule has 3 amide bonds. The van der Waals surface area contributed by atoms with Gasteiger partial charge in [0.2, 0.25) is 5.91 Å². The first-order valence-corrected chi connectivity index (χ1v) is 8.53. The molecule has 24 heavy (non-hydrogen) atoms. The van der Waals surface area contributed by atoms with Crippen LogP contribution in [0.25, 0.3) is 0 Å². The molecule has 0 spiro atoms. The monoisotopic (exact) mass is 447 g/mol. The molecule has 0 aliphatic heterocycles. The van der Waals surface area contributed by atoms with Gasteiger partial charge in [-0.05, 0) is 55.5 Å². The van der Waals surface area contributed by atoms with Crippen LogP contribution < -0.4 is 16.0 Å². The van der Waals surface area contributed by atoms with Gasteiger partial charge in [0.25, 0.3) is 5.91 Å². The van der Waals surface area contributed by atoms with Crippen LogP contribution in [0.3, 0.4) is 0 Å². The minimum Gasteiger partial charge on any atom is -0.444 e. The standard InChI is InChI=1S/C16H22IN3O4/c1-16(2,3)24-15(23)20-10-13(21)18-8-9-19-14(22)11-6-4-5-7-12(11)17/h4-7H,8-10H2,1-3H3,(H,18,21)(H,19,22)(H,20,23). The predicted molar refractivity (Wildman–Crippen MR) is 98.7 cm³/mol. The Kier molecular flexibility index (Phi) is 7.96. The van der Waals surface area contributed by atoms with Crippen LogP contribution in [0, 0.1) is 3.57 Å². The number of nitrogens with one attached hydrogen (secondary N) is 3. The average Bonchev–Trinajstić information content (AvgIpc) is 2.48. The van der Waals surface area contributed by atoms with Gasteiger partial charge in [0.05, 0.1) is 12.1 Å². The van der Waals surface area contributed by atoms with Crippen molar-refractivity contribution >= 4 is 40.5 Å². The third-order valence-electron chi connectivity index (χ3n) is 2.64. The molecular formula is C16H22IN3O4. The van der Waals surface area contributed by atoms with Crippen LogP contribution in [0.4, 0.5) is 4.79 Å². The molecule has 0 atom stereocenters. The molecule has 1 aromatic carbocycles. The highest BCUT2D eigenvalue weighted by Crippen LogP contribution is 2.10. The van der Waals surface area contributed by atoms with E-state index < -0.39 is 11.7 Å². The highest BCUT2D eigenvalue weighted by atomic mass is 127. The first kappa shape index (κ1) is 20.2. The van der Waals surface area contributed by atoms with Gasteiger partial charge in [0.1, 0.15) is 5.60 Å². The molecule has 0 fully saturated rings. The van der Waals surface area contributed by atoms with Gasteiger partial charge in [-0.1, -0.05) is 12.1 Å². The number of carbonyl (C=O) groups excluding carboxylic acids is 3. The SMILES string of the molecule is CC(C)(C)OC(=O)NCC(=O)NCCNC(=O)c1ccccc1I.